The number of aromatic carboxylic acids is 3. The molecule has 214 valence electrons. The number of aromatic amines is 1. The number of aryl methyl sites for hydroxylation is 2. The molecule has 3 unspecified atom stereocenters. The number of H-pyrrole nitrogens is 1. The number of nitrogens with one attached hydrogen (secondary N) is 1. The van der Waals surface area contributed by atoms with Crippen LogP contribution >= 0.6 is 0 Å². The van der Waals surface area contributed by atoms with Crippen LogP contribution in [0.5, 0.6) is 0 Å². The minimum Gasteiger partial charge on any atom is -0.478 e. The highest BCUT2D eigenvalue weighted by molar-refractivity contribution is 6.33. The van der Waals surface area contributed by atoms with E-state index in [0.717, 1.165) is 35.8 Å². The predicted octanol–water partition coefficient (Wildman–Crippen LogP) is 4.57. The molecule has 1 aliphatic heterocycles. The number of aromatic nitrogens is 2. The van der Waals surface area contributed by atoms with Crippen LogP contribution in [0.3, 0.4) is 0 Å². The summed E-state index contributed by atoms with van der Waals surface area (Å²) in [6, 6.07) is 14.3. The van der Waals surface area contributed by atoms with E-state index in [0.29, 0.717) is 5.56 Å². The first-order valence-electron chi connectivity index (χ1n) is 12.8. The Hall–Kier alpha value is -5.62. The van der Waals surface area contributed by atoms with Gasteiger partial charge in [-0.1, -0.05) is 37.3 Å². The van der Waals surface area contributed by atoms with Gasteiger partial charge in [0, 0.05) is 23.8 Å². The zero-order valence-corrected chi connectivity index (χ0v) is 23.3. The number of nitrogens with zero attached hydrogens (tertiary/aromatic N) is 5. The van der Waals surface area contributed by atoms with Gasteiger partial charge in [0.15, 0.2) is 0 Å². The van der Waals surface area contributed by atoms with Crippen LogP contribution in [0.25, 0.3) is 0 Å². The van der Waals surface area contributed by atoms with E-state index in [1.54, 1.807) is 37.3 Å². The quantitative estimate of drug-likeness (QED) is 0.299. The van der Waals surface area contributed by atoms with Crippen molar-refractivity contribution in [2.75, 3.05) is 0 Å². The highest BCUT2D eigenvalue weighted by Crippen LogP contribution is 2.41. The maximum atomic E-state index is 12.1. The molecule has 2 aromatic carbocycles. The van der Waals surface area contributed by atoms with E-state index in [1.807, 2.05) is 26.8 Å². The number of nitriles is 2. The predicted molar refractivity (Wildman–Crippen MR) is 152 cm³/mol. The number of carboxylic acids is 3. The van der Waals surface area contributed by atoms with Crippen LogP contribution < -0.4 is 0 Å². The van der Waals surface area contributed by atoms with Crippen molar-refractivity contribution in [3.8, 4) is 12.1 Å². The zero-order valence-electron chi connectivity index (χ0n) is 23.3. The molecule has 0 saturated heterocycles. The van der Waals surface area contributed by atoms with E-state index in [-0.39, 0.29) is 17.2 Å². The molecule has 0 aliphatic carbocycles. The van der Waals surface area contributed by atoms with E-state index in [2.05, 4.69) is 26.0 Å². The van der Waals surface area contributed by atoms with E-state index >= 15 is 0 Å². The van der Waals surface area contributed by atoms with Gasteiger partial charge in [-0.2, -0.15) is 10.5 Å². The lowest BCUT2D eigenvalue weighted by atomic mass is 9.85. The Balaban J connectivity index is 0.000000337. The van der Waals surface area contributed by atoms with Gasteiger partial charge in [-0.3, -0.25) is 4.99 Å². The Bertz CT molecular complexity index is 1680. The molecule has 12 heteroatoms. The Morgan fingerprint density at radius 2 is 1.62 bits per heavy atom. The summed E-state index contributed by atoms with van der Waals surface area (Å²) in [6.07, 6.45) is 2.21. The fraction of sp³-hybridized carbons (Fsp3) is 0.267. The third-order valence-electron chi connectivity index (χ3n) is 6.63. The van der Waals surface area contributed by atoms with Gasteiger partial charge in [0.2, 0.25) is 5.66 Å². The number of rotatable bonds is 8. The molecule has 0 saturated carbocycles. The largest absolute Gasteiger partial charge is 0.478 e. The lowest BCUT2D eigenvalue weighted by molar-refractivity contribution is 0.0647. The lowest BCUT2D eigenvalue weighted by Gasteiger charge is -2.27. The van der Waals surface area contributed by atoms with Gasteiger partial charge in [-0.05, 0) is 32.9 Å². The zero-order chi connectivity index (χ0) is 31.2. The standard InChI is InChI=1S/C21H15N3O6.C9H13N3/c1-11(9-22)16-10-23-21(24-16,13-5-3-2-4-6-13)15-8-12(18(25)26)7-14(19(27)28)17(15)20(29)30;1-4-8-11-7(3)9(12-8)6(2)5-10/h2-8,10-11H,1H3,(H,25,26)(H,27,28)(H,29,30);6H,4H2,1-3H3,(H,11,12). The second kappa shape index (κ2) is 12.7. The van der Waals surface area contributed by atoms with Crippen molar-refractivity contribution in [1.82, 2.24) is 9.97 Å². The number of hydrogen-bond acceptors (Lipinski definition) is 8. The molecule has 4 rings (SSSR count). The van der Waals surface area contributed by atoms with Gasteiger partial charge in [-0.25, -0.2) is 24.4 Å². The summed E-state index contributed by atoms with van der Waals surface area (Å²) in [5.41, 5.74) is -1.15. The summed E-state index contributed by atoms with van der Waals surface area (Å²) in [4.78, 5) is 51.8. The Kier molecular flexibility index (Phi) is 9.35. The van der Waals surface area contributed by atoms with Crippen molar-refractivity contribution in [1.29, 1.82) is 10.5 Å². The first-order valence-corrected chi connectivity index (χ1v) is 12.8. The van der Waals surface area contributed by atoms with Gasteiger partial charge in [0.1, 0.15) is 5.82 Å². The maximum absolute atomic E-state index is 12.1. The van der Waals surface area contributed by atoms with Gasteiger partial charge < -0.3 is 20.3 Å². The summed E-state index contributed by atoms with van der Waals surface area (Å²) in [5, 5.41) is 46.8. The normalized spacial score (nSPS) is 16.7. The maximum Gasteiger partial charge on any atom is 0.337 e. The fourth-order valence-electron chi connectivity index (χ4n) is 4.40. The van der Waals surface area contributed by atoms with Crippen LogP contribution in [-0.4, -0.2) is 55.1 Å². The van der Waals surface area contributed by atoms with Gasteiger partial charge in [0.05, 0.1) is 57.8 Å². The van der Waals surface area contributed by atoms with Crippen molar-refractivity contribution in [2.45, 2.75) is 45.7 Å². The van der Waals surface area contributed by atoms with Gasteiger partial charge in [0.25, 0.3) is 0 Å². The molecule has 2 heterocycles. The third-order valence-corrected chi connectivity index (χ3v) is 6.63. The van der Waals surface area contributed by atoms with Crippen molar-refractivity contribution in [2.24, 2.45) is 15.9 Å². The molecule has 0 radical (unpaired) electrons. The van der Waals surface area contributed by atoms with E-state index in [1.165, 1.54) is 6.21 Å². The SMILES string of the molecule is CC(C#N)C1=NC(c2ccccc2)(c2cc(C(=O)O)cc(C(=O)O)c2C(=O)O)N=C1.CCc1nc(C)c(C(C)C#N)[nH]1. The molecule has 0 fully saturated rings. The van der Waals surface area contributed by atoms with Crippen LogP contribution in [0, 0.1) is 35.5 Å². The molecule has 0 spiro atoms. The molecule has 0 bridgehead atoms. The summed E-state index contributed by atoms with van der Waals surface area (Å²) in [5.74, 6) is -4.40. The number of hydrogen-bond donors (Lipinski definition) is 4. The molecule has 1 aliphatic rings. The smallest absolute Gasteiger partial charge is 0.337 e. The van der Waals surface area contributed by atoms with E-state index in [9.17, 15) is 35.0 Å². The minimum absolute atomic E-state index is 0.0854. The minimum atomic E-state index is -1.74. The average Bonchev–Trinajstić information content (AvgIpc) is 3.61. The topological polar surface area (TPSA) is 213 Å². The lowest BCUT2D eigenvalue weighted by Crippen LogP contribution is -2.27. The Morgan fingerprint density at radius 3 is 2.12 bits per heavy atom. The second-order valence-electron chi connectivity index (χ2n) is 9.43. The van der Waals surface area contributed by atoms with Gasteiger partial charge in [-0.15, -0.1) is 0 Å². The van der Waals surface area contributed by atoms with Crippen molar-refractivity contribution < 1.29 is 29.7 Å². The average molecular weight is 569 g/mol. The molecule has 0 amide bonds. The first kappa shape index (κ1) is 30.9. The summed E-state index contributed by atoms with van der Waals surface area (Å²) in [6.45, 7) is 7.43. The molecule has 42 heavy (non-hydrogen) atoms. The van der Waals surface area contributed by atoms with Crippen molar-refractivity contribution in [3.63, 3.8) is 0 Å². The van der Waals surface area contributed by atoms with Crippen LogP contribution in [0.1, 0.15) is 86.1 Å². The van der Waals surface area contributed by atoms with Crippen LogP contribution in [0.15, 0.2) is 52.4 Å². The van der Waals surface area contributed by atoms with Crippen LogP contribution in [0.4, 0.5) is 0 Å². The monoisotopic (exact) mass is 568 g/mol. The van der Waals surface area contributed by atoms with E-state index in [4.69, 9.17) is 5.26 Å². The fourth-order valence-corrected chi connectivity index (χ4v) is 4.40. The molecule has 1 aromatic heterocycles. The van der Waals surface area contributed by atoms with E-state index < -0.39 is 46.2 Å². The third kappa shape index (κ3) is 6.08. The number of carbonyl (C=O) groups is 3. The molecule has 12 nitrogen and oxygen atoms in total. The number of aliphatic imine (C=N–C) groups is 2. The van der Waals surface area contributed by atoms with Crippen molar-refractivity contribution >= 4 is 29.8 Å². The summed E-state index contributed by atoms with van der Waals surface area (Å²) >= 11 is 0. The molecular formula is C30H28N6O6. The first-order chi connectivity index (χ1) is 19.9. The van der Waals surface area contributed by atoms with Crippen LogP contribution in [-0.2, 0) is 12.1 Å². The number of carboxylic acid groups (broad SMARTS) is 3. The second-order valence-corrected chi connectivity index (χ2v) is 9.43. The van der Waals surface area contributed by atoms with Crippen molar-refractivity contribution in [3.05, 3.63) is 87.5 Å². The van der Waals surface area contributed by atoms with Crippen LogP contribution in [0.2, 0.25) is 0 Å². The van der Waals surface area contributed by atoms with Gasteiger partial charge >= 0.3 is 17.9 Å². The molecule has 4 N–H and O–H groups in total. The summed E-state index contributed by atoms with van der Waals surface area (Å²) < 4.78 is 0. The highest BCUT2D eigenvalue weighted by atomic mass is 16.4. The number of benzene rings is 2. The molecule has 3 atom stereocenters. The number of imidazole rings is 1. The molecule has 3 aromatic rings. The Labute approximate surface area is 241 Å². The highest BCUT2D eigenvalue weighted by Gasteiger charge is 2.42. The Morgan fingerprint density at radius 1 is 0.976 bits per heavy atom. The molecular weight excluding hydrogens is 540 g/mol. The summed E-state index contributed by atoms with van der Waals surface area (Å²) in [7, 11) is 0.